The van der Waals surface area contributed by atoms with E-state index in [2.05, 4.69) is 0 Å². The van der Waals surface area contributed by atoms with Crippen molar-refractivity contribution in [3.8, 4) is 0 Å². The minimum absolute atomic E-state index is 0.0431. The van der Waals surface area contributed by atoms with Crippen molar-refractivity contribution in [2.45, 2.75) is 19.4 Å². The summed E-state index contributed by atoms with van der Waals surface area (Å²) in [5, 5.41) is 8.95. The fourth-order valence-electron chi connectivity index (χ4n) is 1.80. The van der Waals surface area contributed by atoms with Crippen molar-refractivity contribution < 1.29 is 14.3 Å². The molecule has 1 saturated heterocycles. The summed E-state index contributed by atoms with van der Waals surface area (Å²) in [7, 11) is 0. The molecule has 0 spiro atoms. The molecule has 15 heavy (non-hydrogen) atoms. The number of rotatable bonds is 2. The predicted octanol–water partition coefficient (Wildman–Crippen LogP) is 2.12. The highest BCUT2D eigenvalue weighted by atomic mass is 19.1. The highest BCUT2D eigenvalue weighted by Crippen LogP contribution is 2.29. The SMILES string of the molecule is CC1CCN1c1ccc(F)cc1C(=O)O. The maximum Gasteiger partial charge on any atom is 0.337 e. The molecular formula is C11H12FNO2. The summed E-state index contributed by atoms with van der Waals surface area (Å²) in [4.78, 5) is 12.9. The van der Waals surface area contributed by atoms with Crippen LogP contribution in [-0.4, -0.2) is 23.7 Å². The van der Waals surface area contributed by atoms with E-state index in [0.29, 0.717) is 11.7 Å². The van der Waals surface area contributed by atoms with Crippen LogP contribution in [0.5, 0.6) is 0 Å². The van der Waals surface area contributed by atoms with Gasteiger partial charge in [-0.25, -0.2) is 9.18 Å². The van der Waals surface area contributed by atoms with Crippen LogP contribution in [0.2, 0.25) is 0 Å². The van der Waals surface area contributed by atoms with Crippen molar-refractivity contribution in [2.75, 3.05) is 11.4 Å². The first-order valence-electron chi connectivity index (χ1n) is 4.89. The van der Waals surface area contributed by atoms with Gasteiger partial charge in [0.25, 0.3) is 0 Å². The highest BCUT2D eigenvalue weighted by molar-refractivity contribution is 5.94. The molecule has 1 aliphatic rings. The molecule has 1 aromatic carbocycles. The summed E-state index contributed by atoms with van der Waals surface area (Å²) in [6, 6.07) is 4.25. The molecule has 0 bridgehead atoms. The van der Waals surface area contributed by atoms with E-state index in [1.54, 1.807) is 0 Å². The fourth-order valence-corrected chi connectivity index (χ4v) is 1.80. The summed E-state index contributed by atoms with van der Waals surface area (Å²) in [6.45, 7) is 2.87. The lowest BCUT2D eigenvalue weighted by atomic mass is 10.0. The monoisotopic (exact) mass is 209 g/mol. The second-order valence-electron chi connectivity index (χ2n) is 3.80. The Morgan fingerprint density at radius 3 is 2.80 bits per heavy atom. The summed E-state index contributed by atoms with van der Waals surface area (Å²) < 4.78 is 12.9. The number of nitrogens with zero attached hydrogens (tertiary/aromatic N) is 1. The Morgan fingerprint density at radius 2 is 2.33 bits per heavy atom. The third-order valence-corrected chi connectivity index (χ3v) is 2.82. The van der Waals surface area contributed by atoms with Gasteiger partial charge in [0.2, 0.25) is 0 Å². The van der Waals surface area contributed by atoms with Gasteiger partial charge in [-0.3, -0.25) is 0 Å². The molecule has 1 fully saturated rings. The number of halogens is 1. The minimum Gasteiger partial charge on any atom is -0.478 e. The topological polar surface area (TPSA) is 40.5 Å². The van der Waals surface area contributed by atoms with Gasteiger partial charge in [0.05, 0.1) is 11.3 Å². The van der Waals surface area contributed by atoms with Crippen LogP contribution in [0, 0.1) is 5.82 Å². The summed E-state index contributed by atoms with van der Waals surface area (Å²) in [5.41, 5.74) is 0.657. The Balaban J connectivity index is 2.41. The molecule has 1 aliphatic heterocycles. The Kier molecular flexibility index (Phi) is 2.34. The van der Waals surface area contributed by atoms with Gasteiger partial charge in [0, 0.05) is 12.6 Å². The maximum absolute atomic E-state index is 12.9. The van der Waals surface area contributed by atoms with Gasteiger partial charge in [-0.05, 0) is 31.5 Å². The number of aromatic carboxylic acids is 1. The van der Waals surface area contributed by atoms with Gasteiger partial charge in [0.1, 0.15) is 5.82 Å². The zero-order valence-electron chi connectivity index (χ0n) is 8.40. The summed E-state index contributed by atoms with van der Waals surface area (Å²) in [6.07, 6.45) is 1.05. The van der Waals surface area contributed by atoms with Crippen molar-refractivity contribution in [2.24, 2.45) is 0 Å². The minimum atomic E-state index is -1.08. The molecule has 0 saturated carbocycles. The maximum atomic E-state index is 12.9. The van der Waals surface area contributed by atoms with E-state index in [1.165, 1.54) is 12.1 Å². The number of hydrogen-bond donors (Lipinski definition) is 1. The molecule has 0 aliphatic carbocycles. The lowest BCUT2D eigenvalue weighted by Crippen LogP contribution is -2.46. The van der Waals surface area contributed by atoms with Crippen LogP contribution in [0.3, 0.4) is 0 Å². The average Bonchev–Trinajstić information content (AvgIpc) is 2.18. The second kappa shape index (κ2) is 3.53. The molecule has 2 rings (SSSR count). The number of carboxylic acids is 1. The zero-order valence-corrected chi connectivity index (χ0v) is 8.40. The molecule has 3 nitrogen and oxygen atoms in total. The van der Waals surface area contributed by atoms with Crippen LogP contribution in [0.4, 0.5) is 10.1 Å². The van der Waals surface area contributed by atoms with E-state index in [4.69, 9.17) is 5.11 Å². The summed E-state index contributed by atoms with van der Waals surface area (Å²) in [5.74, 6) is -1.59. The largest absolute Gasteiger partial charge is 0.478 e. The molecule has 1 unspecified atom stereocenters. The number of carbonyl (C=O) groups is 1. The summed E-state index contributed by atoms with van der Waals surface area (Å²) >= 11 is 0. The number of carboxylic acid groups (broad SMARTS) is 1. The normalized spacial score (nSPS) is 19.9. The Labute approximate surface area is 87.1 Å². The Hall–Kier alpha value is -1.58. The Morgan fingerprint density at radius 1 is 1.60 bits per heavy atom. The van der Waals surface area contributed by atoms with Gasteiger partial charge < -0.3 is 10.0 Å². The highest BCUT2D eigenvalue weighted by Gasteiger charge is 2.27. The quantitative estimate of drug-likeness (QED) is 0.811. The molecule has 1 N–H and O–H groups in total. The number of benzene rings is 1. The zero-order chi connectivity index (χ0) is 11.0. The molecular weight excluding hydrogens is 197 g/mol. The first-order chi connectivity index (χ1) is 7.09. The van der Waals surface area contributed by atoms with Crippen molar-refractivity contribution in [3.63, 3.8) is 0 Å². The molecule has 0 aromatic heterocycles. The smallest absolute Gasteiger partial charge is 0.337 e. The number of anilines is 1. The molecule has 0 amide bonds. The van der Waals surface area contributed by atoms with E-state index >= 15 is 0 Å². The van der Waals surface area contributed by atoms with Crippen LogP contribution in [-0.2, 0) is 0 Å². The van der Waals surface area contributed by atoms with E-state index in [-0.39, 0.29) is 5.56 Å². The fraction of sp³-hybridized carbons (Fsp3) is 0.364. The lowest BCUT2D eigenvalue weighted by Gasteiger charge is -2.41. The van der Waals surface area contributed by atoms with Crippen molar-refractivity contribution >= 4 is 11.7 Å². The third kappa shape index (κ3) is 1.67. The van der Waals surface area contributed by atoms with E-state index in [1.807, 2.05) is 11.8 Å². The van der Waals surface area contributed by atoms with Crippen molar-refractivity contribution in [3.05, 3.63) is 29.6 Å². The van der Waals surface area contributed by atoms with Gasteiger partial charge in [-0.1, -0.05) is 0 Å². The Bertz CT molecular complexity index is 406. The third-order valence-electron chi connectivity index (χ3n) is 2.82. The molecule has 1 aromatic rings. The van der Waals surface area contributed by atoms with Crippen LogP contribution in [0.1, 0.15) is 23.7 Å². The number of hydrogen-bond acceptors (Lipinski definition) is 2. The lowest BCUT2D eigenvalue weighted by molar-refractivity contribution is 0.0696. The van der Waals surface area contributed by atoms with Gasteiger partial charge in [-0.15, -0.1) is 0 Å². The van der Waals surface area contributed by atoms with Crippen molar-refractivity contribution in [1.82, 2.24) is 0 Å². The standard InChI is InChI=1S/C11H12FNO2/c1-7-4-5-13(7)10-3-2-8(12)6-9(10)11(14)15/h2-3,6-7H,4-5H2,1H3,(H,14,15). The van der Waals surface area contributed by atoms with Gasteiger partial charge in [0.15, 0.2) is 0 Å². The van der Waals surface area contributed by atoms with E-state index in [0.717, 1.165) is 19.0 Å². The van der Waals surface area contributed by atoms with Crippen molar-refractivity contribution in [1.29, 1.82) is 0 Å². The van der Waals surface area contributed by atoms with Crippen LogP contribution < -0.4 is 4.90 Å². The van der Waals surface area contributed by atoms with Gasteiger partial charge >= 0.3 is 5.97 Å². The first kappa shape index (κ1) is 9.96. The molecule has 80 valence electrons. The second-order valence-corrected chi connectivity index (χ2v) is 3.80. The molecule has 1 atom stereocenters. The van der Waals surface area contributed by atoms with Crippen LogP contribution in [0.15, 0.2) is 18.2 Å². The molecule has 4 heteroatoms. The molecule has 0 radical (unpaired) electrons. The molecule has 1 heterocycles. The van der Waals surface area contributed by atoms with E-state index < -0.39 is 11.8 Å². The van der Waals surface area contributed by atoms with E-state index in [9.17, 15) is 9.18 Å². The van der Waals surface area contributed by atoms with Crippen LogP contribution in [0.25, 0.3) is 0 Å². The van der Waals surface area contributed by atoms with Crippen LogP contribution >= 0.6 is 0 Å². The predicted molar refractivity (Wildman–Crippen MR) is 54.8 cm³/mol. The van der Waals surface area contributed by atoms with Gasteiger partial charge in [-0.2, -0.15) is 0 Å². The first-order valence-corrected chi connectivity index (χ1v) is 4.89. The average molecular weight is 209 g/mol.